The first-order valence-corrected chi connectivity index (χ1v) is 10.3. The van der Waals surface area contributed by atoms with Crippen LogP contribution >= 0.6 is 23.2 Å². The van der Waals surface area contributed by atoms with Crippen molar-refractivity contribution in [2.24, 2.45) is 0 Å². The van der Waals surface area contributed by atoms with Gasteiger partial charge in [-0.05, 0) is 59.7 Å². The topological polar surface area (TPSA) is 50.3 Å². The number of anilines is 1. The third kappa shape index (κ3) is 5.32. The van der Waals surface area contributed by atoms with Gasteiger partial charge in [-0.25, -0.2) is 8.42 Å². The Morgan fingerprint density at radius 3 is 2.15 bits per heavy atom. The van der Waals surface area contributed by atoms with Crippen LogP contribution < -0.4 is 4.31 Å². The van der Waals surface area contributed by atoms with Crippen LogP contribution in [-0.2, 0) is 16.6 Å². The van der Waals surface area contributed by atoms with E-state index in [1.165, 1.54) is 15.8 Å². The van der Waals surface area contributed by atoms with Crippen molar-refractivity contribution in [2.75, 3.05) is 4.31 Å². The van der Waals surface area contributed by atoms with Crippen LogP contribution in [0.1, 0.15) is 11.1 Å². The fourth-order valence-corrected chi connectivity index (χ4v) is 3.88. The second kappa shape index (κ2) is 8.57. The number of rotatable bonds is 6. The van der Waals surface area contributed by atoms with Gasteiger partial charge in [-0.2, -0.15) is 0 Å². The number of nitrogens with zero attached hydrogens (tertiary/aromatic N) is 2. The highest BCUT2D eigenvalue weighted by Crippen LogP contribution is 2.24. The quantitative estimate of drug-likeness (QED) is 0.538. The molecule has 27 heavy (non-hydrogen) atoms. The lowest BCUT2D eigenvalue weighted by molar-refractivity contribution is 0.599. The zero-order valence-electron chi connectivity index (χ0n) is 14.2. The smallest absolute Gasteiger partial charge is 0.257 e. The molecule has 3 aromatic rings. The van der Waals surface area contributed by atoms with E-state index < -0.39 is 10.0 Å². The lowest BCUT2D eigenvalue weighted by Gasteiger charge is -2.23. The number of hydrogen-bond donors (Lipinski definition) is 0. The van der Waals surface area contributed by atoms with Crippen molar-refractivity contribution < 1.29 is 8.42 Å². The highest BCUT2D eigenvalue weighted by molar-refractivity contribution is 7.95. The van der Waals surface area contributed by atoms with Crippen LogP contribution in [0.25, 0.3) is 6.08 Å². The SMILES string of the molecule is O=S(=O)(C=Cc1ccc(Cl)cc1)N(Cc1cccnc1)c1ccc(Cl)cc1. The van der Waals surface area contributed by atoms with Gasteiger partial charge in [0.15, 0.2) is 0 Å². The minimum absolute atomic E-state index is 0.156. The molecule has 0 bridgehead atoms. The molecule has 0 radical (unpaired) electrons. The Kier molecular flexibility index (Phi) is 6.16. The first kappa shape index (κ1) is 19.4. The number of halogens is 2. The first-order valence-electron chi connectivity index (χ1n) is 8.05. The molecule has 1 heterocycles. The van der Waals surface area contributed by atoms with E-state index >= 15 is 0 Å². The summed E-state index contributed by atoms with van der Waals surface area (Å²) in [5.41, 5.74) is 2.03. The minimum Gasteiger partial charge on any atom is -0.264 e. The minimum atomic E-state index is -3.75. The van der Waals surface area contributed by atoms with E-state index in [1.807, 2.05) is 6.07 Å². The molecule has 138 valence electrons. The normalized spacial score (nSPS) is 11.6. The molecule has 7 heteroatoms. The maximum absolute atomic E-state index is 13.0. The fraction of sp³-hybridized carbons (Fsp3) is 0.0500. The molecule has 0 saturated carbocycles. The molecular formula is C20H16Cl2N2O2S. The molecule has 0 saturated heterocycles. The van der Waals surface area contributed by atoms with Gasteiger partial charge in [0, 0.05) is 22.4 Å². The van der Waals surface area contributed by atoms with Gasteiger partial charge in [0.2, 0.25) is 0 Å². The second-order valence-electron chi connectivity index (χ2n) is 5.74. The van der Waals surface area contributed by atoms with Gasteiger partial charge in [0.25, 0.3) is 10.0 Å². The van der Waals surface area contributed by atoms with Crippen LogP contribution in [0.4, 0.5) is 5.69 Å². The van der Waals surface area contributed by atoms with Crippen molar-refractivity contribution in [2.45, 2.75) is 6.54 Å². The predicted molar refractivity (Wildman–Crippen MR) is 111 cm³/mol. The molecular weight excluding hydrogens is 403 g/mol. The molecule has 0 N–H and O–H groups in total. The van der Waals surface area contributed by atoms with Crippen molar-refractivity contribution in [3.63, 3.8) is 0 Å². The number of benzene rings is 2. The lowest BCUT2D eigenvalue weighted by Crippen LogP contribution is -2.28. The van der Waals surface area contributed by atoms with E-state index in [4.69, 9.17) is 23.2 Å². The van der Waals surface area contributed by atoms with Crippen LogP contribution in [-0.4, -0.2) is 13.4 Å². The molecule has 2 aromatic carbocycles. The van der Waals surface area contributed by atoms with Crippen LogP contribution in [0.15, 0.2) is 78.5 Å². The Labute approximate surface area is 168 Å². The summed E-state index contributed by atoms with van der Waals surface area (Å²) in [7, 11) is -3.75. The van der Waals surface area contributed by atoms with Crippen molar-refractivity contribution >= 4 is 45.0 Å². The zero-order chi connectivity index (χ0) is 19.3. The number of sulfonamides is 1. The lowest BCUT2D eigenvalue weighted by atomic mass is 10.2. The molecule has 1 aromatic heterocycles. The summed E-state index contributed by atoms with van der Waals surface area (Å²) in [5.74, 6) is 0. The van der Waals surface area contributed by atoms with E-state index in [-0.39, 0.29) is 6.54 Å². The Balaban J connectivity index is 1.94. The van der Waals surface area contributed by atoms with Crippen molar-refractivity contribution in [1.82, 2.24) is 4.98 Å². The molecule has 0 spiro atoms. The molecule has 4 nitrogen and oxygen atoms in total. The molecule has 0 atom stereocenters. The average Bonchev–Trinajstić information content (AvgIpc) is 2.67. The van der Waals surface area contributed by atoms with Crippen molar-refractivity contribution in [3.05, 3.63) is 99.6 Å². The van der Waals surface area contributed by atoms with Gasteiger partial charge >= 0.3 is 0 Å². The summed E-state index contributed by atoms with van der Waals surface area (Å²) in [5, 5.41) is 2.31. The first-order chi connectivity index (χ1) is 12.9. The maximum atomic E-state index is 13.0. The van der Waals surface area contributed by atoms with E-state index in [1.54, 1.807) is 67.0 Å². The fourth-order valence-electron chi connectivity index (χ4n) is 2.40. The Morgan fingerprint density at radius 1 is 0.926 bits per heavy atom. The molecule has 0 aliphatic carbocycles. The van der Waals surface area contributed by atoms with Gasteiger partial charge in [-0.3, -0.25) is 9.29 Å². The highest BCUT2D eigenvalue weighted by atomic mass is 35.5. The molecule has 3 rings (SSSR count). The van der Waals surface area contributed by atoms with Gasteiger partial charge < -0.3 is 0 Å². The van der Waals surface area contributed by atoms with Gasteiger partial charge in [-0.15, -0.1) is 0 Å². The standard InChI is InChI=1S/C20H16Cl2N2O2S/c21-18-5-3-16(4-6-18)11-13-27(25,26)24(15-17-2-1-12-23-14-17)20-9-7-19(22)8-10-20/h1-14H,15H2. The number of hydrogen-bond acceptors (Lipinski definition) is 3. The Hall–Kier alpha value is -2.34. The van der Waals surface area contributed by atoms with Crippen LogP contribution in [0.5, 0.6) is 0 Å². The summed E-state index contributed by atoms with van der Waals surface area (Å²) >= 11 is 11.8. The average molecular weight is 419 g/mol. The Bertz CT molecular complexity index is 1020. The summed E-state index contributed by atoms with van der Waals surface area (Å²) in [6.45, 7) is 0.156. The molecule has 0 amide bonds. The van der Waals surface area contributed by atoms with Crippen LogP contribution in [0.3, 0.4) is 0 Å². The predicted octanol–water partition coefficient (Wildman–Crippen LogP) is 5.40. The van der Waals surface area contributed by atoms with Gasteiger partial charge in [-0.1, -0.05) is 41.4 Å². The number of pyridine rings is 1. The van der Waals surface area contributed by atoms with Gasteiger partial charge in [0.05, 0.1) is 17.6 Å². The molecule has 0 fully saturated rings. The Morgan fingerprint density at radius 2 is 1.56 bits per heavy atom. The van der Waals surface area contributed by atoms with Crippen molar-refractivity contribution in [3.8, 4) is 0 Å². The molecule has 0 aliphatic heterocycles. The monoisotopic (exact) mass is 418 g/mol. The van der Waals surface area contributed by atoms with Gasteiger partial charge in [0.1, 0.15) is 0 Å². The summed E-state index contributed by atoms with van der Waals surface area (Å²) in [6, 6.07) is 17.2. The second-order valence-corrected chi connectivity index (χ2v) is 8.36. The zero-order valence-corrected chi connectivity index (χ0v) is 16.5. The van der Waals surface area contributed by atoms with Crippen LogP contribution in [0.2, 0.25) is 10.0 Å². The highest BCUT2D eigenvalue weighted by Gasteiger charge is 2.20. The molecule has 0 aliphatic rings. The van der Waals surface area contributed by atoms with E-state index in [0.29, 0.717) is 15.7 Å². The summed E-state index contributed by atoms with van der Waals surface area (Å²) in [6.07, 6.45) is 4.82. The summed E-state index contributed by atoms with van der Waals surface area (Å²) in [4.78, 5) is 4.06. The van der Waals surface area contributed by atoms with E-state index in [0.717, 1.165) is 11.1 Å². The van der Waals surface area contributed by atoms with E-state index in [9.17, 15) is 8.42 Å². The van der Waals surface area contributed by atoms with Crippen molar-refractivity contribution in [1.29, 1.82) is 0 Å². The maximum Gasteiger partial charge on any atom is 0.257 e. The molecule has 0 unspecified atom stereocenters. The number of aromatic nitrogens is 1. The van der Waals surface area contributed by atoms with E-state index in [2.05, 4.69) is 4.98 Å². The third-order valence-corrected chi connectivity index (χ3v) is 5.71. The largest absolute Gasteiger partial charge is 0.264 e. The third-order valence-electron chi connectivity index (χ3n) is 3.77. The summed E-state index contributed by atoms with van der Waals surface area (Å²) < 4.78 is 27.4. The van der Waals surface area contributed by atoms with Crippen LogP contribution in [0, 0.1) is 0 Å².